The summed E-state index contributed by atoms with van der Waals surface area (Å²) < 4.78 is 5.06. The molecule has 7 nitrogen and oxygen atoms in total. The van der Waals surface area contributed by atoms with Crippen LogP contribution in [0.5, 0.6) is 0 Å². The summed E-state index contributed by atoms with van der Waals surface area (Å²) >= 11 is 1.34. The standard InChI is InChI=1S/C19H21N3O4S/c1-3-4-11-26-19(25)21-18-20-15(12(2)27-18)9-10-22-16(23)13-7-5-6-8-14(13)17(22)24/h5-8H,3-4,9-11H2,1-2H3,(H,20,21,25). The normalized spacial score (nSPS) is 13.0. The average molecular weight is 387 g/mol. The molecule has 0 saturated heterocycles. The van der Waals surface area contributed by atoms with Crippen LogP contribution in [0, 0.1) is 6.92 Å². The monoisotopic (exact) mass is 387 g/mol. The van der Waals surface area contributed by atoms with Gasteiger partial charge in [0.25, 0.3) is 11.8 Å². The summed E-state index contributed by atoms with van der Waals surface area (Å²) in [6.07, 6.45) is 1.67. The molecule has 0 fully saturated rings. The predicted molar refractivity (Wildman–Crippen MR) is 102 cm³/mol. The van der Waals surface area contributed by atoms with Crippen LogP contribution < -0.4 is 5.32 Å². The minimum Gasteiger partial charge on any atom is -0.449 e. The van der Waals surface area contributed by atoms with Gasteiger partial charge in [-0.2, -0.15) is 0 Å². The lowest BCUT2D eigenvalue weighted by Crippen LogP contribution is -2.31. The van der Waals surface area contributed by atoms with Gasteiger partial charge in [-0.3, -0.25) is 19.8 Å². The summed E-state index contributed by atoms with van der Waals surface area (Å²) in [4.78, 5) is 43.1. The van der Waals surface area contributed by atoms with Crippen molar-refractivity contribution in [2.75, 3.05) is 18.5 Å². The lowest BCUT2D eigenvalue weighted by molar-refractivity contribution is 0.0655. The molecule has 1 aromatic heterocycles. The van der Waals surface area contributed by atoms with Crippen molar-refractivity contribution in [2.45, 2.75) is 33.1 Å². The van der Waals surface area contributed by atoms with Crippen molar-refractivity contribution >= 4 is 34.4 Å². The Morgan fingerprint density at radius 1 is 1.22 bits per heavy atom. The SMILES string of the molecule is CCCCOC(=O)Nc1nc(CCN2C(=O)c3ccccc3C2=O)c(C)s1. The van der Waals surface area contributed by atoms with Crippen molar-refractivity contribution in [3.63, 3.8) is 0 Å². The third kappa shape index (κ3) is 4.16. The number of nitrogens with one attached hydrogen (secondary N) is 1. The summed E-state index contributed by atoms with van der Waals surface area (Å²) in [7, 11) is 0. The summed E-state index contributed by atoms with van der Waals surface area (Å²) in [6.45, 7) is 4.53. The molecule has 0 atom stereocenters. The van der Waals surface area contributed by atoms with E-state index < -0.39 is 6.09 Å². The Bertz CT molecular complexity index is 843. The van der Waals surface area contributed by atoms with E-state index in [0.717, 1.165) is 23.4 Å². The van der Waals surface area contributed by atoms with Crippen molar-refractivity contribution < 1.29 is 19.1 Å². The third-order valence-corrected chi connectivity index (χ3v) is 5.21. The molecule has 0 saturated carbocycles. The molecule has 1 aliphatic heterocycles. The van der Waals surface area contributed by atoms with Gasteiger partial charge in [0.05, 0.1) is 23.4 Å². The van der Waals surface area contributed by atoms with Crippen LogP contribution in [-0.4, -0.2) is 40.9 Å². The Hall–Kier alpha value is -2.74. The predicted octanol–water partition coefficient (Wildman–Crippen LogP) is 3.64. The number of thiazole rings is 1. The molecule has 27 heavy (non-hydrogen) atoms. The quantitative estimate of drug-likeness (QED) is 0.579. The first-order chi connectivity index (χ1) is 13.0. The highest BCUT2D eigenvalue weighted by Gasteiger charge is 2.34. The number of nitrogens with zero attached hydrogens (tertiary/aromatic N) is 2. The number of aromatic nitrogens is 1. The second-order valence-corrected chi connectivity index (χ2v) is 7.40. The number of fused-ring (bicyclic) bond motifs is 1. The number of hydrogen-bond donors (Lipinski definition) is 1. The van der Waals surface area contributed by atoms with E-state index >= 15 is 0 Å². The zero-order valence-electron chi connectivity index (χ0n) is 15.3. The number of imide groups is 1. The van der Waals surface area contributed by atoms with Crippen molar-refractivity contribution in [3.05, 3.63) is 46.0 Å². The topological polar surface area (TPSA) is 88.6 Å². The molecule has 3 amide bonds. The van der Waals surface area contributed by atoms with Crippen LogP contribution in [0.25, 0.3) is 0 Å². The molecule has 8 heteroatoms. The van der Waals surface area contributed by atoms with Gasteiger partial charge in [0.2, 0.25) is 0 Å². The van der Waals surface area contributed by atoms with Gasteiger partial charge >= 0.3 is 6.09 Å². The Morgan fingerprint density at radius 2 is 1.89 bits per heavy atom. The van der Waals surface area contributed by atoms with E-state index in [-0.39, 0.29) is 18.4 Å². The summed E-state index contributed by atoms with van der Waals surface area (Å²) in [5.41, 5.74) is 1.63. The third-order valence-electron chi connectivity index (χ3n) is 4.28. The lowest BCUT2D eigenvalue weighted by Gasteiger charge is -2.12. The van der Waals surface area contributed by atoms with Crippen LogP contribution in [0.1, 0.15) is 51.1 Å². The maximum absolute atomic E-state index is 12.4. The summed E-state index contributed by atoms with van der Waals surface area (Å²) in [5.74, 6) is -0.553. The van der Waals surface area contributed by atoms with Crippen molar-refractivity contribution in [2.24, 2.45) is 0 Å². The Balaban J connectivity index is 1.59. The molecule has 3 rings (SSSR count). The molecule has 1 aliphatic rings. The molecular weight excluding hydrogens is 366 g/mol. The van der Waals surface area contributed by atoms with Crippen LogP contribution in [0.3, 0.4) is 0 Å². The maximum atomic E-state index is 12.4. The second kappa shape index (κ2) is 8.30. The van der Waals surface area contributed by atoms with Gasteiger partial charge in [0.1, 0.15) is 0 Å². The highest BCUT2D eigenvalue weighted by molar-refractivity contribution is 7.15. The first-order valence-electron chi connectivity index (χ1n) is 8.86. The minimum absolute atomic E-state index is 0.247. The van der Waals surface area contributed by atoms with E-state index in [2.05, 4.69) is 10.3 Å². The smallest absolute Gasteiger partial charge is 0.413 e. The largest absolute Gasteiger partial charge is 0.449 e. The molecule has 1 aromatic carbocycles. The van der Waals surface area contributed by atoms with Crippen LogP contribution in [0.4, 0.5) is 9.93 Å². The highest BCUT2D eigenvalue weighted by Crippen LogP contribution is 2.25. The Labute approximate surface area is 161 Å². The summed E-state index contributed by atoms with van der Waals surface area (Å²) in [5, 5.41) is 3.07. The number of carbonyl (C=O) groups excluding carboxylic acids is 3. The maximum Gasteiger partial charge on any atom is 0.413 e. The van der Waals surface area contributed by atoms with Gasteiger partial charge in [0, 0.05) is 17.8 Å². The lowest BCUT2D eigenvalue weighted by atomic mass is 10.1. The van der Waals surface area contributed by atoms with Crippen LogP contribution in [-0.2, 0) is 11.2 Å². The molecule has 0 bridgehead atoms. The summed E-state index contributed by atoms with van der Waals surface area (Å²) in [6, 6.07) is 6.82. The fourth-order valence-corrected chi connectivity index (χ4v) is 3.65. The van der Waals surface area contributed by atoms with E-state index in [9.17, 15) is 14.4 Å². The fraction of sp³-hybridized carbons (Fsp3) is 0.368. The van der Waals surface area contributed by atoms with Crippen LogP contribution >= 0.6 is 11.3 Å². The van der Waals surface area contributed by atoms with E-state index in [0.29, 0.717) is 29.3 Å². The second-order valence-electron chi connectivity index (χ2n) is 6.19. The highest BCUT2D eigenvalue weighted by atomic mass is 32.1. The van der Waals surface area contributed by atoms with Crippen molar-refractivity contribution in [1.82, 2.24) is 9.88 Å². The number of rotatable bonds is 7. The van der Waals surface area contributed by atoms with Gasteiger partial charge in [-0.15, -0.1) is 11.3 Å². The first-order valence-corrected chi connectivity index (χ1v) is 9.68. The Morgan fingerprint density at radius 3 is 2.52 bits per heavy atom. The van der Waals surface area contributed by atoms with Gasteiger partial charge in [-0.1, -0.05) is 25.5 Å². The van der Waals surface area contributed by atoms with Gasteiger partial charge in [-0.25, -0.2) is 9.78 Å². The first kappa shape index (κ1) is 19.0. The molecule has 0 aliphatic carbocycles. The van der Waals surface area contributed by atoms with Crippen LogP contribution in [0.2, 0.25) is 0 Å². The molecule has 1 N–H and O–H groups in total. The number of unbranched alkanes of at least 4 members (excludes halogenated alkanes) is 1. The number of amides is 3. The van der Waals surface area contributed by atoms with E-state index in [1.165, 1.54) is 16.2 Å². The fourth-order valence-electron chi connectivity index (χ4n) is 2.81. The van der Waals surface area contributed by atoms with E-state index in [4.69, 9.17) is 4.74 Å². The zero-order valence-corrected chi connectivity index (χ0v) is 16.1. The zero-order chi connectivity index (χ0) is 19.4. The number of hydrogen-bond acceptors (Lipinski definition) is 6. The average Bonchev–Trinajstić information content (AvgIpc) is 3.11. The molecular formula is C19H21N3O4S. The molecule has 2 aromatic rings. The van der Waals surface area contributed by atoms with E-state index in [1.54, 1.807) is 24.3 Å². The minimum atomic E-state index is -0.524. The number of carbonyl (C=O) groups is 3. The van der Waals surface area contributed by atoms with Gasteiger partial charge in [0.15, 0.2) is 5.13 Å². The number of benzene rings is 1. The van der Waals surface area contributed by atoms with Crippen LogP contribution in [0.15, 0.2) is 24.3 Å². The molecule has 0 unspecified atom stereocenters. The molecule has 2 heterocycles. The molecule has 142 valence electrons. The van der Waals surface area contributed by atoms with Gasteiger partial charge < -0.3 is 4.74 Å². The number of aryl methyl sites for hydroxylation is 1. The Kier molecular flexibility index (Phi) is 5.85. The molecule has 0 spiro atoms. The molecule has 0 radical (unpaired) electrons. The van der Waals surface area contributed by atoms with Crippen molar-refractivity contribution in [3.8, 4) is 0 Å². The van der Waals surface area contributed by atoms with Crippen molar-refractivity contribution in [1.29, 1.82) is 0 Å². The van der Waals surface area contributed by atoms with Gasteiger partial charge in [-0.05, 0) is 25.5 Å². The van der Waals surface area contributed by atoms with E-state index in [1.807, 2.05) is 13.8 Å². The number of ether oxygens (including phenoxy) is 1. The number of anilines is 1.